The number of aliphatic imine (C=N–C) groups is 1. The average molecular weight is 330 g/mol. The minimum Gasteiger partial charge on any atom is -0.319 e. The summed E-state index contributed by atoms with van der Waals surface area (Å²) in [5.41, 5.74) is 5.28. The highest BCUT2D eigenvalue weighted by Crippen LogP contribution is 2.39. The fourth-order valence-electron chi connectivity index (χ4n) is 2.33. The largest absolute Gasteiger partial charge is 0.319 e. The summed E-state index contributed by atoms with van der Waals surface area (Å²) in [7, 11) is 0. The van der Waals surface area contributed by atoms with Crippen LogP contribution in [0.3, 0.4) is 0 Å². The van der Waals surface area contributed by atoms with Crippen LogP contribution in [0.4, 0.5) is 0 Å². The summed E-state index contributed by atoms with van der Waals surface area (Å²) in [6, 6.07) is 7.99. The lowest BCUT2D eigenvalue weighted by Crippen LogP contribution is -2.58. The van der Waals surface area contributed by atoms with Gasteiger partial charge in [-0.1, -0.05) is 29.8 Å². The number of nitrogens with zero attached hydrogens (tertiary/aromatic N) is 2. The Balaban J connectivity index is 2.09. The number of aryl methyl sites for hydroxylation is 1. The maximum atomic E-state index is 12.1. The van der Waals surface area contributed by atoms with Crippen LogP contribution in [-0.2, 0) is 9.59 Å². The molecule has 23 heavy (non-hydrogen) atoms. The zero-order valence-electron chi connectivity index (χ0n) is 13.4. The molecule has 0 saturated heterocycles. The van der Waals surface area contributed by atoms with Crippen LogP contribution in [0, 0.1) is 6.92 Å². The molecule has 0 saturated carbocycles. The number of hydrogen-bond donors (Lipinski definition) is 2. The van der Waals surface area contributed by atoms with Crippen LogP contribution in [0.2, 0.25) is 0 Å². The van der Waals surface area contributed by atoms with E-state index >= 15 is 0 Å². The Kier molecular flexibility index (Phi) is 3.77. The van der Waals surface area contributed by atoms with Gasteiger partial charge in [-0.15, -0.1) is 0 Å². The summed E-state index contributed by atoms with van der Waals surface area (Å²) in [6.45, 7) is 7.04. The third-order valence-corrected chi connectivity index (χ3v) is 4.52. The van der Waals surface area contributed by atoms with Crippen LogP contribution in [0.15, 0.2) is 34.3 Å². The lowest BCUT2D eigenvalue weighted by Gasteiger charge is -2.35. The van der Waals surface area contributed by atoms with Gasteiger partial charge in [-0.2, -0.15) is 4.99 Å². The molecule has 0 fully saturated rings. The SMILES string of the molecule is CC(=O)NC1=C(c2ccc(C)cc2)N2NC(C)(C)C(=O)N=C2S1. The van der Waals surface area contributed by atoms with Crippen molar-refractivity contribution in [3.8, 4) is 0 Å². The Morgan fingerprint density at radius 2 is 1.96 bits per heavy atom. The van der Waals surface area contributed by atoms with Gasteiger partial charge in [0.1, 0.15) is 10.6 Å². The van der Waals surface area contributed by atoms with E-state index in [4.69, 9.17) is 0 Å². The van der Waals surface area contributed by atoms with E-state index in [9.17, 15) is 9.59 Å². The van der Waals surface area contributed by atoms with Gasteiger partial charge >= 0.3 is 0 Å². The van der Waals surface area contributed by atoms with Gasteiger partial charge < -0.3 is 5.32 Å². The minimum absolute atomic E-state index is 0.164. The van der Waals surface area contributed by atoms with Crippen LogP contribution in [0.25, 0.3) is 5.70 Å². The molecule has 0 atom stereocenters. The van der Waals surface area contributed by atoms with Gasteiger partial charge in [0.25, 0.3) is 5.91 Å². The van der Waals surface area contributed by atoms with Crippen molar-refractivity contribution in [2.24, 2.45) is 4.99 Å². The number of benzene rings is 1. The maximum Gasteiger partial charge on any atom is 0.269 e. The lowest BCUT2D eigenvalue weighted by molar-refractivity contribution is -0.125. The van der Waals surface area contributed by atoms with Crippen LogP contribution in [-0.4, -0.2) is 27.5 Å². The van der Waals surface area contributed by atoms with Crippen molar-refractivity contribution in [2.45, 2.75) is 33.2 Å². The second kappa shape index (κ2) is 5.50. The zero-order chi connectivity index (χ0) is 16.8. The van der Waals surface area contributed by atoms with Gasteiger partial charge in [-0.3, -0.25) is 9.59 Å². The lowest BCUT2D eigenvalue weighted by atomic mass is 10.1. The van der Waals surface area contributed by atoms with Crippen LogP contribution in [0.5, 0.6) is 0 Å². The standard InChI is InChI=1S/C16H18N4O2S/c1-9-5-7-11(8-6-9)12-13(17-10(2)21)23-15-18-14(22)16(3,4)19-20(12)15/h5-8,19H,1-4H3,(H,17,21). The monoisotopic (exact) mass is 330 g/mol. The molecule has 120 valence electrons. The number of carbonyl (C=O) groups is 2. The quantitative estimate of drug-likeness (QED) is 0.867. The molecule has 2 amide bonds. The fourth-order valence-corrected chi connectivity index (χ4v) is 3.37. The molecule has 1 aromatic rings. The molecular weight excluding hydrogens is 312 g/mol. The average Bonchev–Trinajstić information content (AvgIpc) is 2.76. The van der Waals surface area contributed by atoms with E-state index in [1.54, 1.807) is 18.9 Å². The predicted octanol–water partition coefficient (Wildman–Crippen LogP) is 1.99. The van der Waals surface area contributed by atoms with E-state index in [1.165, 1.54) is 18.7 Å². The molecule has 0 spiro atoms. The Bertz CT molecular complexity index is 750. The van der Waals surface area contributed by atoms with Crippen molar-refractivity contribution in [1.29, 1.82) is 0 Å². The third-order valence-electron chi connectivity index (χ3n) is 3.56. The number of thioether (sulfide) groups is 1. The second-order valence-electron chi connectivity index (χ2n) is 6.10. The highest BCUT2D eigenvalue weighted by Gasteiger charge is 2.42. The molecule has 0 bridgehead atoms. The van der Waals surface area contributed by atoms with Crippen molar-refractivity contribution >= 4 is 34.4 Å². The molecule has 2 N–H and O–H groups in total. The third kappa shape index (κ3) is 2.89. The second-order valence-corrected chi connectivity index (χ2v) is 7.08. The Hall–Kier alpha value is -2.12. The Morgan fingerprint density at radius 3 is 2.57 bits per heavy atom. The van der Waals surface area contributed by atoms with Crippen LogP contribution >= 0.6 is 11.8 Å². The molecule has 7 heteroatoms. The number of hydrazine groups is 1. The molecular formula is C16H18N4O2S. The van der Waals surface area contributed by atoms with Crippen LogP contribution < -0.4 is 10.7 Å². The number of amidine groups is 1. The summed E-state index contributed by atoms with van der Waals surface area (Å²) in [6.07, 6.45) is 0. The smallest absolute Gasteiger partial charge is 0.269 e. The Labute approximate surface area is 139 Å². The van der Waals surface area contributed by atoms with Gasteiger partial charge in [0.2, 0.25) is 5.91 Å². The molecule has 1 aromatic carbocycles. The summed E-state index contributed by atoms with van der Waals surface area (Å²) in [5, 5.41) is 5.80. The maximum absolute atomic E-state index is 12.1. The van der Waals surface area contributed by atoms with Crippen molar-refractivity contribution in [3.05, 3.63) is 40.4 Å². The minimum atomic E-state index is -0.800. The molecule has 3 rings (SSSR count). The first-order valence-electron chi connectivity index (χ1n) is 7.26. The number of fused-ring (bicyclic) bond motifs is 1. The fraction of sp³-hybridized carbons (Fsp3) is 0.312. The van der Waals surface area contributed by atoms with Gasteiger partial charge in [0.15, 0.2) is 5.17 Å². The Morgan fingerprint density at radius 1 is 1.30 bits per heavy atom. The molecule has 0 aromatic heterocycles. The van der Waals surface area contributed by atoms with E-state index < -0.39 is 5.54 Å². The zero-order valence-corrected chi connectivity index (χ0v) is 14.2. The van der Waals surface area contributed by atoms with Crippen LogP contribution in [0.1, 0.15) is 31.9 Å². The van der Waals surface area contributed by atoms with Crippen molar-refractivity contribution < 1.29 is 9.59 Å². The van der Waals surface area contributed by atoms with Crippen molar-refractivity contribution in [1.82, 2.24) is 15.8 Å². The number of carbonyl (C=O) groups excluding carboxylic acids is 2. The molecule has 2 heterocycles. The van der Waals surface area contributed by atoms with Crippen molar-refractivity contribution in [2.75, 3.05) is 0 Å². The number of hydrogen-bond acceptors (Lipinski definition) is 5. The molecule has 0 radical (unpaired) electrons. The first-order chi connectivity index (χ1) is 10.8. The van der Waals surface area contributed by atoms with E-state index in [0.717, 1.165) is 16.8 Å². The highest BCUT2D eigenvalue weighted by atomic mass is 32.2. The molecule has 0 unspecified atom stereocenters. The molecule has 6 nitrogen and oxygen atoms in total. The summed E-state index contributed by atoms with van der Waals surface area (Å²) in [5.74, 6) is -0.397. The topological polar surface area (TPSA) is 73.8 Å². The normalized spacial score (nSPS) is 19.6. The van der Waals surface area contributed by atoms with E-state index in [1.807, 2.05) is 31.2 Å². The van der Waals surface area contributed by atoms with E-state index in [2.05, 4.69) is 15.7 Å². The first kappa shape index (κ1) is 15.8. The molecule has 0 aliphatic carbocycles. The summed E-state index contributed by atoms with van der Waals surface area (Å²) < 4.78 is 0. The van der Waals surface area contributed by atoms with Gasteiger partial charge in [-0.05, 0) is 32.5 Å². The highest BCUT2D eigenvalue weighted by molar-refractivity contribution is 8.17. The summed E-state index contributed by atoms with van der Waals surface area (Å²) >= 11 is 1.27. The summed E-state index contributed by atoms with van der Waals surface area (Å²) in [4.78, 5) is 27.8. The van der Waals surface area contributed by atoms with Gasteiger partial charge in [0.05, 0.1) is 5.70 Å². The van der Waals surface area contributed by atoms with Crippen molar-refractivity contribution in [3.63, 3.8) is 0 Å². The number of nitrogens with one attached hydrogen (secondary N) is 2. The number of rotatable bonds is 2. The number of amides is 2. The van der Waals surface area contributed by atoms with Gasteiger partial charge in [0, 0.05) is 12.5 Å². The predicted molar refractivity (Wildman–Crippen MR) is 91.0 cm³/mol. The van der Waals surface area contributed by atoms with Gasteiger partial charge in [-0.25, -0.2) is 10.4 Å². The molecule has 2 aliphatic rings. The first-order valence-corrected chi connectivity index (χ1v) is 8.07. The molecule has 2 aliphatic heterocycles. The van der Waals surface area contributed by atoms with E-state index in [0.29, 0.717) is 10.2 Å². The van der Waals surface area contributed by atoms with E-state index in [-0.39, 0.29) is 11.8 Å².